The lowest BCUT2D eigenvalue weighted by Gasteiger charge is -2.30. The number of amides is 1. The van der Waals surface area contributed by atoms with Crippen LogP contribution in [-0.4, -0.2) is 85.8 Å². The van der Waals surface area contributed by atoms with Crippen LogP contribution in [0.1, 0.15) is 34.5 Å². The third kappa shape index (κ3) is 7.50. The molecule has 2 aliphatic heterocycles. The number of morpholine rings is 1. The SMILES string of the molecule is O=C(c1ccc(Cl)cc1Cl)N(CCN1CCOCC1)Cc1cnc(S(=O)(=O)Cc2ccccc2F)n1CC1CCCO1. The van der Waals surface area contributed by atoms with Crippen molar-refractivity contribution in [3.63, 3.8) is 0 Å². The summed E-state index contributed by atoms with van der Waals surface area (Å²) in [5, 5.41) is 0.460. The fourth-order valence-electron chi connectivity index (χ4n) is 5.21. The number of ether oxygens (including phenoxy) is 2. The molecule has 0 radical (unpaired) electrons. The summed E-state index contributed by atoms with van der Waals surface area (Å²) in [6.07, 6.45) is 2.90. The second-order valence-corrected chi connectivity index (χ2v) is 13.2. The topological polar surface area (TPSA) is 94.0 Å². The van der Waals surface area contributed by atoms with Crippen molar-refractivity contribution in [1.82, 2.24) is 19.4 Å². The van der Waals surface area contributed by atoms with E-state index in [0.717, 1.165) is 25.9 Å². The molecule has 42 heavy (non-hydrogen) atoms. The number of hydrogen-bond acceptors (Lipinski definition) is 7. The second-order valence-electron chi connectivity index (χ2n) is 10.4. The first-order chi connectivity index (χ1) is 20.2. The number of benzene rings is 2. The van der Waals surface area contributed by atoms with Crippen molar-refractivity contribution < 1.29 is 27.1 Å². The van der Waals surface area contributed by atoms with Crippen LogP contribution in [0.2, 0.25) is 10.0 Å². The van der Waals surface area contributed by atoms with E-state index >= 15 is 0 Å². The van der Waals surface area contributed by atoms with E-state index in [2.05, 4.69) is 9.88 Å². The number of carbonyl (C=O) groups excluding carboxylic acids is 1. The zero-order valence-corrected chi connectivity index (χ0v) is 25.4. The van der Waals surface area contributed by atoms with Gasteiger partial charge in [0.05, 0.1) is 60.6 Å². The van der Waals surface area contributed by atoms with E-state index in [-0.39, 0.29) is 40.8 Å². The number of carbonyl (C=O) groups is 1. The van der Waals surface area contributed by atoms with Crippen LogP contribution in [0.3, 0.4) is 0 Å². The van der Waals surface area contributed by atoms with Gasteiger partial charge in [-0.2, -0.15) is 0 Å². The third-order valence-corrected chi connectivity index (χ3v) is 9.61. The highest BCUT2D eigenvalue weighted by Crippen LogP contribution is 2.26. The molecule has 13 heteroatoms. The standard InChI is InChI=1S/C29H33Cl2FN4O5S/c30-22-7-8-25(26(31)16-22)28(37)35(10-9-34-11-14-40-15-12-34)18-23-17-33-29(36(23)19-24-5-3-13-41-24)42(38,39)20-21-4-1-2-6-27(21)32/h1-2,4,6-8,16-17,24H,3,5,9-15,18-20H2. The van der Waals surface area contributed by atoms with E-state index in [4.69, 9.17) is 32.7 Å². The lowest BCUT2D eigenvalue weighted by Crippen LogP contribution is -2.43. The van der Waals surface area contributed by atoms with Gasteiger partial charge in [0, 0.05) is 43.4 Å². The molecule has 1 aromatic heterocycles. The quantitative estimate of drug-likeness (QED) is 0.306. The summed E-state index contributed by atoms with van der Waals surface area (Å²) in [4.78, 5) is 22.0. The van der Waals surface area contributed by atoms with E-state index < -0.39 is 21.4 Å². The highest BCUT2D eigenvalue weighted by molar-refractivity contribution is 7.90. The van der Waals surface area contributed by atoms with Crippen molar-refractivity contribution in [1.29, 1.82) is 0 Å². The molecule has 1 unspecified atom stereocenters. The van der Waals surface area contributed by atoms with Gasteiger partial charge in [-0.25, -0.2) is 17.8 Å². The Morgan fingerprint density at radius 2 is 1.90 bits per heavy atom. The zero-order chi connectivity index (χ0) is 29.7. The first kappa shape index (κ1) is 30.9. The van der Waals surface area contributed by atoms with Gasteiger partial charge >= 0.3 is 0 Å². The molecule has 2 aromatic carbocycles. The molecule has 2 fully saturated rings. The number of aromatic nitrogens is 2. The second kappa shape index (κ2) is 13.8. The Balaban J connectivity index is 1.47. The smallest absolute Gasteiger partial charge is 0.255 e. The molecule has 0 bridgehead atoms. The summed E-state index contributed by atoms with van der Waals surface area (Å²) in [5.41, 5.74) is 0.879. The van der Waals surface area contributed by atoms with E-state index in [1.54, 1.807) is 27.7 Å². The van der Waals surface area contributed by atoms with Crippen LogP contribution in [0.15, 0.2) is 53.8 Å². The van der Waals surface area contributed by atoms with E-state index in [1.807, 2.05) is 0 Å². The van der Waals surface area contributed by atoms with Gasteiger partial charge in [0.15, 0.2) is 0 Å². The third-order valence-electron chi connectivity index (χ3n) is 7.48. The molecular formula is C29H33Cl2FN4O5S. The lowest BCUT2D eigenvalue weighted by atomic mass is 10.2. The van der Waals surface area contributed by atoms with Gasteiger partial charge in [-0.3, -0.25) is 9.69 Å². The molecule has 2 saturated heterocycles. The minimum atomic E-state index is -4.04. The van der Waals surface area contributed by atoms with Gasteiger partial charge in [0.25, 0.3) is 5.91 Å². The van der Waals surface area contributed by atoms with Crippen molar-refractivity contribution in [3.8, 4) is 0 Å². The fourth-order valence-corrected chi connectivity index (χ4v) is 7.21. The van der Waals surface area contributed by atoms with Crippen LogP contribution in [0.4, 0.5) is 4.39 Å². The van der Waals surface area contributed by atoms with Crippen LogP contribution in [0, 0.1) is 5.82 Å². The molecule has 3 aromatic rings. The first-order valence-electron chi connectivity index (χ1n) is 13.9. The Hall–Kier alpha value is -2.54. The molecule has 0 saturated carbocycles. The molecule has 226 valence electrons. The largest absolute Gasteiger partial charge is 0.379 e. The molecule has 1 atom stereocenters. The lowest BCUT2D eigenvalue weighted by molar-refractivity contribution is 0.0318. The number of rotatable bonds is 11. The van der Waals surface area contributed by atoms with E-state index in [9.17, 15) is 17.6 Å². The van der Waals surface area contributed by atoms with Gasteiger partial charge < -0.3 is 18.9 Å². The van der Waals surface area contributed by atoms with Crippen molar-refractivity contribution in [2.45, 2.75) is 42.9 Å². The van der Waals surface area contributed by atoms with Gasteiger partial charge in [-0.15, -0.1) is 0 Å². The Labute approximate surface area is 255 Å². The maximum Gasteiger partial charge on any atom is 0.255 e. The number of sulfone groups is 1. The first-order valence-corrected chi connectivity index (χ1v) is 16.3. The zero-order valence-electron chi connectivity index (χ0n) is 23.1. The number of halogens is 3. The van der Waals surface area contributed by atoms with Crippen molar-refractivity contribution in [2.24, 2.45) is 0 Å². The van der Waals surface area contributed by atoms with Crippen LogP contribution in [0.25, 0.3) is 0 Å². The molecule has 5 rings (SSSR count). The predicted octanol–water partition coefficient (Wildman–Crippen LogP) is 4.46. The average Bonchev–Trinajstić information content (AvgIpc) is 3.63. The van der Waals surface area contributed by atoms with Crippen molar-refractivity contribution in [3.05, 3.63) is 81.3 Å². The van der Waals surface area contributed by atoms with Crippen LogP contribution in [-0.2, 0) is 38.2 Å². The summed E-state index contributed by atoms with van der Waals surface area (Å²) in [7, 11) is -4.04. The minimum Gasteiger partial charge on any atom is -0.379 e. The summed E-state index contributed by atoms with van der Waals surface area (Å²) in [6, 6.07) is 10.5. The van der Waals surface area contributed by atoms with Crippen molar-refractivity contribution in [2.75, 3.05) is 46.0 Å². The number of nitrogens with zero attached hydrogens (tertiary/aromatic N) is 4. The van der Waals surface area contributed by atoms with Gasteiger partial charge in [-0.1, -0.05) is 41.4 Å². The van der Waals surface area contributed by atoms with E-state index in [0.29, 0.717) is 49.2 Å². The highest BCUT2D eigenvalue weighted by Gasteiger charge is 2.30. The summed E-state index contributed by atoms with van der Waals surface area (Å²) < 4.78 is 54.5. The molecule has 0 aliphatic carbocycles. The molecule has 0 spiro atoms. The van der Waals surface area contributed by atoms with Crippen LogP contribution < -0.4 is 0 Å². The number of hydrogen-bond donors (Lipinski definition) is 0. The maximum absolute atomic E-state index is 14.4. The fraction of sp³-hybridized carbons (Fsp3) is 0.448. The van der Waals surface area contributed by atoms with E-state index in [1.165, 1.54) is 30.5 Å². The summed E-state index contributed by atoms with van der Waals surface area (Å²) in [5.74, 6) is -1.45. The van der Waals surface area contributed by atoms with Crippen LogP contribution in [0.5, 0.6) is 0 Å². The Bertz CT molecular complexity index is 1510. The van der Waals surface area contributed by atoms with Crippen LogP contribution >= 0.6 is 23.2 Å². The highest BCUT2D eigenvalue weighted by atomic mass is 35.5. The average molecular weight is 640 g/mol. The van der Waals surface area contributed by atoms with Gasteiger partial charge in [-0.05, 0) is 37.1 Å². The molecule has 2 aliphatic rings. The minimum absolute atomic E-state index is 0.0606. The number of imidazole rings is 1. The predicted molar refractivity (Wildman–Crippen MR) is 157 cm³/mol. The Morgan fingerprint density at radius 3 is 2.62 bits per heavy atom. The molecule has 1 amide bonds. The molecule has 9 nitrogen and oxygen atoms in total. The van der Waals surface area contributed by atoms with Gasteiger partial charge in [0.2, 0.25) is 15.0 Å². The van der Waals surface area contributed by atoms with Crippen molar-refractivity contribution >= 4 is 38.9 Å². The normalized spacial score (nSPS) is 17.9. The molecule has 3 heterocycles. The molecular weight excluding hydrogens is 606 g/mol. The van der Waals surface area contributed by atoms with Gasteiger partial charge in [0.1, 0.15) is 5.82 Å². The summed E-state index contributed by atoms with van der Waals surface area (Å²) in [6.45, 7) is 4.61. The monoisotopic (exact) mass is 638 g/mol. The Morgan fingerprint density at radius 1 is 1.12 bits per heavy atom. The Kier molecular flexibility index (Phi) is 10.2. The summed E-state index contributed by atoms with van der Waals surface area (Å²) >= 11 is 12.5. The molecule has 0 N–H and O–H groups in total. The maximum atomic E-state index is 14.4.